The molecule has 1 amide bonds. The number of amides is 1. The Bertz CT molecular complexity index is 1000. The highest BCUT2D eigenvalue weighted by atomic mass is 16.3. The van der Waals surface area contributed by atoms with Crippen LogP contribution >= 0.6 is 0 Å². The summed E-state index contributed by atoms with van der Waals surface area (Å²) in [5.41, 5.74) is 3.18. The van der Waals surface area contributed by atoms with Gasteiger partial charge < -0.3 is 20.0 Å². The summed E-state index contributed by atoms with van der Waals surface area (Å²) in [6, 6.07) is 8.15. The number of anilines is 1. The lowest BCUT2D eigenvalue weighted by atomic mass is 9.73. The first-order chi connectivity index (χ1) is 15.9. The number of carbonyl (C=O) groups excluding carboxylic acids is 1. The lowest BCUT2D eigenvalue weighted by molar-refractivity contribution is -0.136. The molecule has 176 valence electrons. The molecule has 2 aliphatic carbocycles. The van der Waals surface area contributed by atoms with Crippen molar-refractivity contribution in [2.24, 2.45) is 17.3 Å². The maximum absolute atomic E-state index is 12.9. The molecule has 2 saturated carbocycles. The Kier molecular flexibility index (Phi) is 5.87. The van der Waals surface area contributed by atoms with E-state index in [9.17, 15) is 15.0 Å². The Morgan fingerprint density at radius 3 is 2.67 bits per heavy atom. The molecule has 1 aromatic carbocycles. The molecule has 1 saturated heterocycles. The quantitative estimate of drug-likeness (QED) is 0.703. The van der Waals surface area contributed by atoms with Gasteiger partial charge in [-0.25, -0.2) is 9.97 Å². The van der Waals surface area contributed by atoms with E-state index in [4.69, 9.17) is 9.97 Å². The Labute approximate surface area is 195 Å². The number of aliphatic hydroxyl groups excluding tert-OH is 2. The van der Waals surface area contributed by atoms with E-state index < -0.39 is 6.10 Å². The van der Waals surface area contributed by atoms with Gasteiger partial charge in [0.2, 0.25) is 11.9 Å². The minimum absolute atomic E-state index is 0.00156. The smallest absolute Gasteiger partial charge is 0.225 e. The summed E-state index contributed by atoms with van der Waals surface area (Å²) >= 11 is 0. The van der Waals surface area contributed by atoms with Gasteiger partial charge >= 0.3 is 0 Å². The number of rotatable bonds is 6. The maximum atomic E-state index is 12.9. The predicted molar refractivity (Wildman–Crippen MR) is 126 cm³/mol. The third-order valence-corrected chi connectivity index (χ3v) is 8.14. The monoisotopic (exact) mass is 450 g/mol. The fraction of sp³-hybridized carbons (Fsp3) is 0.577. The van der Waals surface area contributed by atoms with Crippen molar-refractivity contribution in [2.45, 2.75) is 51.2 Å². The third kappa shape index (κ3) is 4.13. The number of nitrogens with zero attached hydrogens (tertiary/aromatic N) is 4. The van der Waals surface area contributed by atoms with Crippen molar-refractivity contribution in [2.75, 3.05) is 31.6 Å². The largest absolute Gasteiger partial charge is 0.395 e. The molecule has 4 atom stereocenters. The molecule has 1 spiro atoms. The summed E-state index contributed by atoms with van der Waals surface area (Å²) in [6.45, 7) is 3.13. The highest BCUT2D eigenvalue weighted by molar-refractivity contribution is 5.79. The van der Waals surface area contributed by atoms with E-state index in [1.165, 1.54) is 12.8 Å². The fourth-order valence-corrected chi connectivity index (χ4v) is 6.08. The Balaban J connectivity index is 1.36. The fourth-order valence-electron chi connectivity index (χ4n) is 6.08. The number of aromatic nitrogens is 2. The maximum Gasteiger partial charge on any atom is 0.225 e. The first-order valence-corrected chi connectivity index (χ1v) is 12.1. The Hall–Kier alpha value is -2.51. The van der Waals surface area contributed by atoms with Crippen molar-refractivity contribution in [3.05, 3.63) is 42.2 Å². The topological polar surface area (TPSA) is 89.8 Å². The predicted octanol–water partition coefficient (Wildman–Crippen LogP) is 3.03. The van der Waals surface area contributed by atoms with Crippen LogP contribution in [0.4, 0.5) is 5.95 Å². The first kappa shape index (κ1) is 22.3. The van der Waals surface area contributed by atoms with E-state index in [2.05, 4.69) is 4.90 Å². The summed E-state index contributed by atoms with van der Waals surface area (Å²) < 4.78 is 0. The van der Waals surface area contributed by atoms with Crippen molar-refractivity contribution in [3.8, 4) is 11.1 Å². The lowest BCUT2D eigenvalue weighted by Gasteiger charge is -2.37. The highest BCUT2D eigenvalue weighted by Gasteiger charge is 2.61. The van der Waals surface area contributed by atoms with Gasteiger partial charge in [-0.15, -0.1) is 0 Å². The van der Waals surface area contributed by atoms with Crippen LogP contribution in [0.25, 0.3) is 11.1 Å². The van der Waals surface area contributed by atoms with Crippen LogP contribution in [0, 0.1) is 17.3 Å². The van der Waals surface area contributed by atoms with Gasteiger partial charge in [-0.3, -0.25) is 4.79 Å². The second-order valence-corrected chi connectivity index (χ2v) is 10.2. The molecule has 0 bridgehead atoms. The zero-order chi connectivity index (χ0) is 23.2. The van der Waals surface area contributed by atoms with Crippen LogP contribution in [-0.4, -0.2) is 63.8 Å². The van der Waals surface area contributed by atoms with E-state index in [0.29, 0.717) is 23.9 Å². The minimum Gasteiger partial charge on any atom is -0.395 e. The molecule has 2 heterocycles. The first-order valence-electron chi connectivity index (χ1n) is 12.1. The van der Waals surface area contributed by atoms with Crippen LogP contribution < -0.4 is 4.90 Å². The van der Waals surface area contributed by atoms with Crippen LogP contribution in [0.1, 0.15) is 50.7 Å². The van der Waals surface area contributed by atoms with Gasteiger partial charge in [0.1, 0.15) is 0 Å². The van der Waals surface area contributed by atoms with Crippen LogP contribution in [0.15, 0.2) is 36.7 Å². The van der Waals surface area contributed by atoms with E-state index in [0.717, 1.165) is 48.4 Å². The molecule has 7 heteroatoms. The molecule has 33 heavy (non-hydrogen) atoms. The summed E-state index contributed by atoms with van der Waals surface area (Å²) in [5.74, 6) is 1.51. The van der Waals surface area contributed by atoms with Crippen LogP contribution in [0.5, 0.6) is 0 Å². The van der Waals surface area contributed by atoms with Crippen LogP contribution in [0.3, 0.4) is 0 Å². The molecular weight excluding hydrogens is 416 g/mol. The zero-order valence-corrected chi connectivity index (χ0v) is 19.5. The Morgan fingerprint density at radius 2 is 2.00 bits per heavy atom. The summed E-state index contributed by atoms with van der Waals surface area (Å²) in [7, 11) is 1.79. The van der Waals surface area contributed by atoms with E-state index in [1.54, 1.807) is 18.9 Å². The molecule has 4 unspecified atom stereocenters. The van der Waals surface area contributed by atoms with Crippen molar-refractivity contribution in [1.82, 2.24) is 14.9 Å². The molecule has 3 fully saturated rings. The Morgan fingerprint density at radius 1 is 1.24 bits per heavy atom. The highest BCUT2D eigenvalue weighted by Crippen LogP contribution is 2.62. The molecule has 5 rings (SSSR count). The number of carbonyl (C=O) groups is 1. The SMILES string of the molecule is CC(O)c1cccc(-c2cnc(N3CC4(CC4)C4CCC(C(=O)N(C)CCO)CC43)nc2)c1. The minimum atomic E-state index is -0.514. The van der Waals surface area contributed by atoms with Gasteiger partial charge in [0.25, 0.3) is 0 Å². The van der Waals surface area contributed by atoms with Crippen LogP contribution in [0.2, 0.25) is 0 Å². The van der Waals surface area contributed by atoms with Crippen molar-refractivity contribution in [1.29, 1.82) is 0 Å². The number of aliphatic hydroxyl groups is 2. The molecular formula is C26H34N4O3. The number of benzene rings is 1. The number of fused-ring (bicyclic) bond motifs is 2. The van der Waals surface area contributed by atoms with Gasteiger partial charge in [0.15, 0.2) is 0 Å². The normalized spacial score (nSPS) is 26.2. The average molecular weight is 451 g/mol. The molecule has 1 aromatic heterocycles. The van der Waals surface area contributed by atoms with Crippen molar-refractivity contribution in [3.63, 3.8) is 0 Å². The van der Waals surface area contributed by atoms with Gasteiger partial charge in [-0.1, -0.05) is 18.2 Å². The average Bonchev–Trinajstić information content (AvgIpc) is 3.55. The summed E-state index contributed by atoms with van der Waals surface area (Å²) in [4.78, 5) is 26.5. The molecule has 2 aromatic rings. The second-order valence-electron chi connectivity index (χ2n) is 10.2. The molecule has 3 aliphatic rings. The van der Waals surface area contributed by atoms with Gasteiger partial charge in [-0.05, 0) is 67.6 Å². The third-order valence-electron chi connectivity index (χ3n) is 8.14. The van der Waals surface area contributed by atoms with E-state index in [-0.39, 0.29) is 18.4 Å². The molecule has 0 radical (unpaired) electrons. The standard InChI is InChI=1S/C26H34N4O3/c1-17(32)18-4-3-5-19(12-18)21-14-27-25(28-15-21)30-16-26(8-9-26)22-7-6-20(13-23(22)30)24(33)29(2)10-11-31/h3-5,12,14-15,17,20,22-23,31-32H,6-11,13,16H2,1-2H3. The molecule has 2 N–H and O–H groups in total. The van der Waals surface area contributed by atoms with Gasteiger partial charge in [0.05, 0.1) is 12.7 Å². The molecule has 7 nitrogen and oxygen atoms in total. The summed E-state index contributed by atoms with van der Waals surface area (Å²) in [6.07, 6.45) is 8.60. The second kappa shape index (κ2) is 8.69. The van der Waals surface area contributed by atoms with E-state index >= 15 is 0 Å². The van der Waals surface area contributed by atoms with Crippen molar-refractivity contribution >= 4 is 11.9 Å². The van der Waals surface area contributed by atoms with Crippen LogP contribution in [-0.2, 0) is 4.79 Å². The van der Waals surface area contributed by atoms with Gasteiger partial charge in [-0.2, -0.15) is 0 Å². The lowest BCUT2D eigenvalue weighted by Crippen LogP contribution is -2.44. The van der Waals surface area contributed by atoms with E-state index in [1.807, 2.05) is 36.7 Å². The number of hydrogen-bond donors (Lipinski definition) is 2. The van der Waals surface area contributed by atoms with Gasteiger partial charge in [0, 0.05) is 50.1 Å². The zero-order valence-electron chi connectivity index (χ0n) is 19.5. The summed E-state index contributed by atoms with van der Waals surface area (Å²) in [5, 5.41) is 19.1. The molecule has 1 aliphatic heterocycles. The number of likely N-dealkylation sites (N-methyl/N-ethyl adjacent to an activating group) is 1. The van der Waals surface area contributed by atoms with Crippen molar-refractivity contribution < 1.29 is 15.0 Å². The number of hydrogen-bond acceptors (Lipinski definition) is 6.